The Hall–Kier alpha value is -3.95. The summed E-state index contributed by atoms with van der Waals surface area (Å²) < 4.78 is 11.3. The molecule has 0 atom stereocenters. The van der Waals surface area contributed by atoms with E-state index < -0.39 is 0 Å². The van der Waals surface area contributed by atoms with Gasteiger partial charge in [0.2, 0.25) is 5.95 Å². The fraction of sp³-hybridized carbons (Fsp3) is 0.269. The van der Waals surface area contributed by atoms with Gasteiger partial charge in [0.25, 0.3) is 0 Å². The van der Waals surface area contributed by atoms with E-state index in [0.717, 1.165) is 67.3 Å². The van der Waals surface area contributed by atoms with Gasteiger partial charge in [-0.05, 0) is 61.0 Å². The lowest BCUT2D eigenvalue weighted by atomic mass is 10.2. The normalized spacial score (nSPS) is 14.1. The van der Waals surface area contributed by atoms with Crippen LogP contribution in [0.25, 0.3) is 10.9 Å². The number of phenolic OH excluding ortho intramolecular Hbond substituents is 1. The van der Waals surface area contributed by atoms with Crippen LogP contribution in [-0.4, -0.2) is 64.4 Å². The first kappa shape index (κ1) is 22.8. The molecule has 1 fully saturated rings. The van der Waals surface area contributed by atoms with Gasteiger partial charge in [-0.3, -0.25) is 9.88 Å². The maximum absolute atomic E-state index is 9.72. The standard InChI is InChI=1S/C26H28N6O3/c33-22-4-7-24-19(17-22)16-21(18-28-24)29-25-8-9-27-26(31-25)30-20-2-5-23(6-3-20)35-13-1-10-32-11-14-34-15-12-32/h2-9,16-18,33H,1,10-15H2,(H2,27,29,30,31). The minimum atomic E-state index is 0.203. The second-order valence-electron chi connectivity index (χ2n) is 8.30. The SMILES string of the molecule is Oc1ccc2ncc(Nc3ccnc(Nc4ccc(OCCCN5CCOCC5)cc4)n3)cc2c1. The molecule has 4 aromatic rings. The Kier molecular flexibility index (Phi) is 7.16. The number of benzene rings is 2. The first-order chi connectivity index (χ1) is 17.2. The van der Waals surface area contributed by atoms with Gasteiger partial charge in [0.1, 0.15) is 17.3 Å². The Morgan fingerprint density at radius 3 is 2.66 bits per heavy atom. The number of hydrogen-bond donors (Lipinski definition) is 3. The second-order valence-corrected chi connectivity index (χ2v) is 8.30. The molecule has 3 N–H and O–H groups in total. The lowest BCUT2D eigenvalue weighted by molar-refractivity contribution is 0.0358. The van der Waals surface area contributed by atoms with Crippen molar-refractivity contribution in [1.29, 1.82) is 0 Å². The van der Waals surface area contributed by atoms with Crippen molar-refractivity contribution in [2.45, 2.75) is 6.42 Å². The van der Waals surface area contributed by atoms with Gasteiger partial charge in [0, 0.05) is 36.9 Å². The predicted octanol–water partition coefficient (Wildman–Crippen LogP) is 4.32. The summed E-state index contributed by atoms with van der Waals surface area (Å²) in [7, 11) is 0. The molecule has 9 heteroatoms. The summed E-state index contributed by atoms with van der Waals surface area (Å²) in [5, 5.41) is 17.0. The smallest absolute Gasteiger partial charge is 0.229 e. The van der Waals surface area contributed by atoms with Gasteiger partial charge >= 0.3 is 0 Å². The van der Waals surface area contributed by atoms with E-state index in [0.29, 0.717) is 18.4 Å². The number of aromatic nitrogens is 3. The van der Waals surface area contributed by atoms with Crippen LogP contribution < -0.4 is 15.4 Å². The number of ether oxygens (including phenoxy) is 2. The highest BCUT2D eigenvalue weighted by Crippen LogP contribution is 2.24. The molecule has 1 aliphatic heterocycles. The monoisotopic (exact) mass is 472 g/mol. The van der Waals surface area contributed by atoms with Crippen LogP contribution in [0.15, 0.2) is 67.0 Å². The topological polar surface area (TPSA) is 105 Å². The van der Waals surface area contributed by atoms with Crippen molar-refractivity contribution in [3.05, 3.63) is 67.0 Å². The summed E-state index contributed by atoms with van der Waals surface area (Å²) in [5.74, 6) is 2.14. The first-order valence-electron chi connectivity index (χ1n) is 11.7. The van der Waals surface area contributed by atoms with Crippen molar-refractivity contribution in [1.82, 2.24) is 19.9 Å². The molecule has 0 radical (unpaired) electrons. The van der Waals surface area contributed by atoms with Crippen LogP contribution in [0.4, 0.5) is 23.1 Å². The minimum Gasteiger partial charge on any atom is -0.508 e. The summed E-state index contributed by atoms with van der Waals surface area (Å²) in [6.07, 6.45) is 4.40. The summed E-state index contributed by atoms with van der Waals surface area (Å²) in [5.41, 5.74) is 2.44. The number of fused-ring (bicyclic) bond motifs is 1. The van der Waals surface area contributed by atoms with Crippen LogP contribution in [0.5, 0.6) is 11.5 Å². The average Bonchev–Trinajstić information content (AvgIpc) is 2.88. The molecule has 1 aliphatic rings. The van der Waals surface area contributed by atoms with E-state index in [4.69, 9.17) is 9.47 Å². The Balaban J connectivity index is 1.14. The molecule has 0 spiro atoms. The van der Waals surface area contributed by atoms with E-state index in [1.54, 1.807) is 36.7 Å². The number of hydrogen-bond acceptors (Lipinski definition) is 9. The Morgan fingerprint density at radius 1 is 0.943 bits per heavy atom. The van der Waals surface area contributed by atoms with Gasteiger partial charge in [-0.15, -0.1) is 0 Å². The highest BCUT2D eigenvalue weighted by atomic mass is 16.5. The molecule has 2 aromatic heterocycles. The summed E-state index contributed by atoms with van der Waals surface area (Å²) >= 11 is 0. The van der Waals surface area contributed by atoms with Crippen LogP contribution in [0, 0.1) is 0 Å². The first-order valence-corrected chi connectivity index (χ1v) is 11.7. The molecule has 0 amide bonds. The Morgan fingerprint density at radius 2 is 1.80 bits per heavy atom. The molecule has 5 rings (SSSR count). The molecule has 0 saturated carbocycles. The molecule has 0 aliphatic carbocycles. The molecule has 35 heavy (non-hydrogen) atoms. The Bertz CT molecular complexity index is 1260. The van der Waals surface area contributed by atoms with Gasteiger partial charge in [0.15, 0.2) is 0 Å². The number of aromatic hydroxyl groups is 1. The van der Waals surface area contributed by atoms with E-state index in [1.165, 1.54) is 0 Å². The average molecular weight is 473 g/mol. The summed E-state index contributed by atoms with van der Waals surface area (Å²) in [6.45, 7) is 5.37. The number of nitrogens with one attached hydrogen (secondary N) is 2. The number of nitrogens with zero attached hydrogens (tertiary/aromatic N) is 4. The fourth-order valence-corrected chi connectivity index (χ4v) is 3.89. The van der Waals surface area contributed by atoms with E-state index >= 15 is 0 Å². The lowest BCUT2D eigenvalue weighted by Gasteiger charge is -2.26. The fourth-order valence-electron chi connectivity index (χ4n) is 3.89. The highest BCUT2D eigenvalue weighted by Gasteiger charge is 2.09. The van der Waals surface area contributed by atoms with E-state index in [-0.39, 0.29) is 5.75 Å². The van der Waals surface area contributed by atoms with Crippen LogP contribution in [0.2, 0.25) is 0 Å². The zero-order chi connectivity index (χ0) is 23.9. The van der Waals surface area contributed by atoms with Gasteiger partial charge in [-0.25, -0.2) is 4.98 Å². The third kappa shape index (κ3) is 6.34. The predicted molar refractivity (Wildman–Crippen MR) is 136 cm³/mol. The summed E-state index contributed by atoms with van der Waals surface area (Å²) in [4.78, 5) is 15.7. The largest absolute Gasteiger partial charge is 0.508 e. The lowest BCUT2D eigenvalue weighted by Crippen LogP contribution is -2.37. The maximum Gasteiger partial charge on any atom is 0.229 e. The maximum atomic E-state index is 9.72. The van der Waals surface area contributed by atoms with E-state index in [1.807, 2.05) is 30.3 Å². The van der Waals surface area contributed by atoms with Crippen LogP contribution in [-0.2, 0) is 4.74 Å². The molecule has 2 aromatic carbocycles. The molecule has 1 saturated heterocycles. The quantitative estimate of drug-likeness (QED) is 0.307. The molecule has 0 bridgehead atoms. The van der Waals surface area contributed by atoms with E-state index in [2.05, 4.69) is 30.5 Å². The molecular formula is C26H28N6O3. The number of phenols is 1. The summed E-state index contributed by atoms with van der Waals surface area (Å²) in [6, 6.07) is 16.5. The van der Waals surface area contributed by atoms with Crippen molar-refractivity contribution in [3.63, 3.8) is 0 Å². The number of rotatable bonds is 9. The third-order valence-electron chi connectivity index (χ3n) is 5.69. The van der Waals surface area contributed by atoms with Crippen molar-refractivity contribution >= 4 is 34.0 Å². The van der Waals surface area contributed by atoms with Crippen molar-refractivity contribution in [2.24, 2.45) is 0 Å². The van der Waals surface area contributed by atoms with Gasteiger partial charge in [0.05, 0.1) is 37.2 Å². The molecule has 9 nitrogen and oxygen atoms in total. The van der Waals surface area contributed by atoms with Gasteiger partial charge in [-0.1, -0.05) is 0 Å². The highest BCUT2D eigenvalue weighted by molar-refractivity contribution is 5.83. The van der Waals surface area contributed by atoms with Crippen LogP contribution in [0.3, 0.4) is 0 Å². The van der Waals surface area contributed by atoms with Crippen molar-refractivity contribution in [2.75, 3.05) is 50.1 Å². The molecule has 3 heterocycles. The second kappa shape index (κ2) is 11.0. The van der Waals surface area contributed by atoms with Crippen LogP contribution in [0.1, 0.15) is 6.42 Å². The number of pyridine rings is 1. The number of morpholine rings is 1. The molecule has 0 unspecified atom stereocenters. The third-order valence-corrected chi connectivity index (χ3v) is 5.69. The van der Waals surface area contributed by atoms with Crippen molar-refractivity contribution in [3.8, 4) is 11.5 Å². The molecular weight excluding hydrogens is 444 g/mol. The number of anilines is 4. The van der Waals surface area contributed by atoms with Crippen molar-refractivity contribution < 1.29 is 14.6 Å². The minimum absolute atomic E-state index is 0.203. The zero-order valence-electron chi connectivity index (χ0n) is 19.4. The van der Waals surface area contributed by atoms with Gasteiger partial charge in [-0.2, -0.15) is 4.98 Å². The molecule has 180 valence electrons. The zero-order valence-corrected chi connectivity index (χ0v) is 19.4. The van der Waals surface area contributed by atoms with Crippen LogP contribution >= 0.6 is 0 Å². The Labute approximate surface area is 203 Å². The van der Waals surface area contributed by atoms with Gasteiger partial charge < -0.3 is 25.2 Å². The van der Waals surface area contributed by atoms with E-state index in [9.17, 15) is 5.11 Å².